The maximum atomic E-state index is 10.9. The third kappa shape index (κ3) is 2.36. The molecule has 0 aromatic heterocycles. The summed E-state index contributed by atoms with van der Waals surface area (Å²) in [5.74, 6) is -2.23. The Labute approximate surface area is 94.7 Å². The highest BCUT2D eigenvalue weighted by Crippen LogP contribution is 2.19. The minimum absolute atomic E-state index is 0.0230. The fourth-order valence-corrected chi connectivity index (χ4v) is 1.77. The lowest BCUT2D eigenvalue weighted by molar-refractivity contribution is 0.0695. The topological polar surface area (TPSA) is 74.6 Å². The molecule has 0 aliphatic carbocycles. The molecule has 5 heteroatoms. The zero-order chi connectivity index (χ0) is 11.6. The summed E-state index contributed by atoms with van der Waals surface area (Å²) in [6.07, 6.45) is 0. The van der Waals surface area contributed by atoms with Crippen LogP contribution in [0.1, 0.15) is 31.8 Å². The minimum atomic E-state index is -1.12. The summed E-state index contributed by atoms with van der Waals surface area (Å²) in [5.41, 5.74) is 1.18. The molecule has 0 amide bonds. The van der Waals surface area contributed by atoms with Crippen LogP contribution in [0.5, 0.6) is 0 Å². The number of hydrogen-bond donors (Lipinski definition) is 2. The van der Waals surface area contributed by atoms with Crippen molar-refractivity contribution in [1.29, 1.82) is 0 Å². The number of aryl methyl sites for hydroxylation is 1. The lowest BCUT2D eigenvalue weighted by atomic mass is 10.00. The molecule has 4 nitrogen and oxygen atoms in total. The van der Waals surface area contributed by atoms with E-state index in [1.807, 2.05) is 0 Å². The highest BCUT2D eigenvalue weighted by molar-refractivity contribution is 9.08. The van der Waals surface area contributed by atoms with Gasteiger partial charge in [0.2, 0.25) is 0 Å². The van der Waals surface area contributed by atoms with Crippen molar-refractivity contribution >= 4 is 27.9 Å². The van der Waals surface area contributed by atoms with Crippen LogP contribution in [0, 0.1) is 6.92 Å². The van der Waals surface area contributed by atoms with Gasteiger partial charge in [0, 0.05) is 5.33 Å². The number of alkyl halides is 1. The normalized spacial score (nSPS) is 10.0. The van der Waals surface area contributed by atoms with E-state index in [0.717, 1.165) is 0 Å². The average Bonchev–Trinajstić information content (AvgIpc) is 2.16. The molecule has 0 heterocycles. The molecule has 0 atom stereocenters. The zero-order valence-corrected chi connectivity index (χ0v) is 9.54. The van der Waals surface area contributed by atoms with Crippen LogP contribution in [0.2, 0.25) is 0 Å². The monoisotopic (exact) mass is 272 g/mol. The maximum absolute atomic E-state index is 10.9. The van der Waals surface area contributed by atoms with Crippen molar-refractivity contribution in [2.75, 3.05) is 0 Å². The largest absolute Gasteiger partial charge is 0.478 e. The Morgan fingerprint density at radius 3 is 2.13 bits per heavy atom. The van der Waals surface area contributed by atoms with Crippen LogP contribution in [0.25, 0.3) is 0 Å². The lowest BCUT2D eigenvalue weighted by Crippen LogP contribution is -2.07. The van der Waals surface area contributed by atoms with Gasteiger partial charge in [-0.2, -0.15) is 0 Å². The highest BCUT2D eigenvalue weighted by atomic mass is 79.9. The standard InChI is InChI=1S/C10H9BrO4/c1-5-2-6(4-11)8(10(14)15)3-7(5)9(12)13/h2-3H,4H2,1H3,(H,12,13)(H,14,15). The lowest BCUT2D eigenvalue weighted by Gasteiger charge is -2.07. The number of benzene rings is 1. The van der Waals surface area contributed by atoms with Crippen LogP contribution in [0.3, 0.4) is 0 Å². The Hall–Kier alpha value is -1.36. The molecule has 0 spiro atoms. The van der Waals surface area contributed by atoms with E-state index in [4.69, 9.17) is 10.2 Å². The fraction of sp³-hybridized carbons (Fsp3) is 0.200. The van der Waals surface area contributed by atoms with E-state index in [1.54, 1.807) is 13.0 Å². The molecule has 0 saturated heterocycles. The van der Waals surface area contributed by atoms with Crippen molar-refractivity contribution in [3.8, 4) is 0 Å². The Morgan fingerprint density at radius 1 is 1.20 bits per heavy atom. The molecule has 0 radical (unpaired) electrons. The van der Waals surface area contributed by atoms with Crippen LogP contribution < -0.4 is 0 Å². The van der Waals surface area contributed by atoms with Gasteiger partial charge >= 0.3 is 11.9 Å². The smallest absolute Gasteiger partial charge is 0.336 e. The van der Waals surface area contributed by atoms with E-state index >= 15 is 0 Å². The molecule has 80 valence electrons. The van der Waals surface area contributed by atoms with E-state index < -0.39 is 11.9 Å². The Bertz CT molecular complexity index is 426. The van der Waals surface area contributed by atoms with Crippen LogP contribution in [0.15, 0.2) is 12.1 Å². The van der Waals surface area contributed by atoms with Gasteiger partial charge < -0.3 is 10.2 Å². The number of halogens is 1. The summed E-state index contributed by atoms with van der Waals surface area (Å²) in [7, 11) is 0. The van der Waals surface area contributed by atoms with E-state index in [2.05, 4.69) is 15.9 Å². The van der Waals surface area contributed by atoms with Gasteiger partial charge in [0.05, 0.1) is 11.1 Å². The van der Waals surface area contributed by atoms with Gasteiger partial charge in [0.25, 0.3) is 0 Å². The molecule has 0 aliphatic heterocycles. The molecular weight excluding hydrogens is 264 g/mol. The second-order valence-corrected chi connectivity index (χ2v) is 3.63. The van der Waals surface area contributed by atoms with Gasteiger partial charge in [-0.15, -0.1) is 0 Å². The van der Waals surface area contributed by atoms with Gasteiger partial charge in [0.15, 0.2) is 0 Å². The van der Waals surface area contributed by atoms with Crippen molar-refractivity contribution in [2.24, 2.45) is 0 Å². The summed E-state index contributed by atoms with van der Waals surface area (Å²) >= 11 is 3.16. The van der Waals surface area contributed by atoms with Crippen molar-refractivity contribution in [3.05, 3.63) is 34.4 Å². The predicted octanol–water partition coefficient (Wildman–Crippen LogP) is 2.29. The molecule has 1 aromatic carbocycles. The number of carboxylic acid groups (broad SMARTS) is 2. The van der Waals surface area contributed by atoms with Crippen molar-refractivity contribution in [1.82, 2.24) is 0 Å². The number of carbonyl (C=O) groups is 2. The van der Waals surface area contributed by atoms with Crippen LogP contribution in [0.4, 0.5) is 0 Å². The summed E-state index contributed by atoms with van der Waals surface area (Å²) in [4.78, 5) is 21.6. The van der Waals surface area contributed by atoms with E-state index in [1.165, 1.54) is 6.07 Å². The van der Waals surface area contributed by atoms with Gasteiger partial charge in [-0.3, -0.25) is 0 Å². The first kappa shape index (κ1) is 11.7. The first-order valence-electron chi connectivity index (χ1n) is 4.13. The Kier molecular flexibility index (Phi) is 3.47. The van der Waals surface area contributed by atoms with Gasteiger partial charge in [0.1, 0.15) is 0 Å². The fourth-order valence-electron chi connectivity index (χ4n) is 1.31. The SMILES string of the molecule is Cc1cc(CBr)c(C(=O)O)cc1C(=O)O. The van der Waals surface area contributed by atoms with E-state index in [0.29, 0.717) is 16.5 Å². The van der Waals surface area contributed by atoms with E-state index in [-0.39, 0.29) is 11.1 Å². The molecule has 0 saturated carbocycles. The second kappa shape index (κ2) is 4.44. The third-order valence-corrected chi connectivity index (χ3v) is 2.66. The van der Waals surface area contributed by atoms with Crippen molar-refractivity contribution in [3.63, 3.8) is 0 Å². The van der Waals surface area contributed by atoms with Crippen molar-refractivity contribution < 1.29 is 19.8 Å². The third-order valence-electron chi connectivity index (χ3n) is 2.05. The number of aromatic carboxylic acids is 2. The summed E-state index contributed by atoms with van der Waals surface area (Å²) in [6.45, 7) is 1.64. The van der Waals surface area contributed by atoms with Crippen LogP contribution in [-0.4, -0.2) is 22.2 Å². The molecule has 15 heavy (non-hydrogen) atoms. The van der Waals surface area contributed by atoms with Gasteiger partial charge in [-0.25, -0.2) is 9.59 Å². The minimum Gasteiger partial charge on any atom is -0.478 e. The molecule has 2 N–H and O–H groups in total. The second-order valence-electron chi connectivity index (χ2n) is 3.07. The first-order valence-corrected chi connectivity index (χ1v) is 5.25. The maximum Gasteiger partial charge on any atom is 0.336 e. The van der Waals surface area contributed by atoms with Crippen molar-refractivity contribution in [2.45, 2.75) is 12.3 Å². The van der Waals surface area contributed by atoms with Crippen LogP contribution >= 0.6 is 15.9 Å². The van der Waals surface area contributed by atoms with E-state index in [9.17, 15) is 9.59 Å². The summed E-state index contributed by atoms with van der Waals surface area (Å²) in [5, 5.41) is 18.1. The molecule has 1 aromatic rings. The van der Waals surface area contributed by atoms with Gasteiger partial charge in [-0.05, 0) is 24.1 Å². The summed E-state index contributed by atoms with van der Waals surface area (Å²) < 4.78 is 0. The molecule has 0 bridgehead atoms. The molecular formula is C10H9BrO4. The highest BCUT2D eigenvalue weighted by Gasteiger charge is 2.15. The Balaban J connectivity index is 3.43. The molecule has 0 fully saturated rings. The molecule has 1 rings (SSSR count). The summed E-state index contributed by atoms with van der Waals surface area (Å²) in [6, 6.07) is 2.76. The van der Waals surface area contributed by atoms with Gasteiger partial charge in [-0.1, -0.05) is 22.0 Å². The Morgan fingerprint density at radius 2 is 1.73 bits per heavy atom. The molecule has 0 unspecified atom stereocenters. The number of carboxylic acids is 2. The predicted molar refractivity (Wildman–Crippen MR) is 57.7 cm³/mol. The average molecular weight is 273 g/mol. The first-order chi connectivity index (χ1) is 6.97. The number of hydrogen-bond acceptors (Lipinski definition) is 2. The van der Waals surface area contributed by atoms with Crippen LogP contribution in [-0.2, 0) is 5.33 Å². The quantitative estimate of drug-likeness (QED) is 0.828. The molecule has 0 aliphatic rings. The number of rotatable bonds is 3. The zero-order valence-electron chi connectivity index (χ0n) is 7.95.